The van der Waals surface area contributed by atoms with Crippen LogP contribution in [0.4, 0.5) is 5.69 Å². The van der Waals surface area contributed by atoms with E-state index in [9.17, 15) is 4.21 Å². The quantitative estimate of drug-likeness (QED) is 0.855. The molecule has 0 heterocycles. The first-order valence-corrected chi connectivity index (χ1v) is 7.37. The Kier molecular flexibility index (Phi) is 5.00. The van der Waals surface area contributed by atoms with Crippen LogP contribution in [-0.4, -0.2) is 16.5 Å². The first-order valence-electron chi connectivity index (χ1n) is 5.64. The van der Waals surface area contributed by atoms with Gasteiger partial charge in [-0.2, -0.15) is 0 Å². The molecule has 0 aliphatic heterocycles. The molecule has 1 aromatic carbocycles. The maximum absolute atomic E-state index is 11.1. The van der Waals surface area contributed by atoms with Crippen LogP contribution in [0.5, 0.6) is 0 Å². The molecule has 0 aromatic heterocycles. The maximum Gasteiger partial charge on any atom is 0.0483 e. The average Bonchev–Trinajstić information content (AvgIpc) is 2.16. The summed E-state index contributed by atoms with van der Waals surface area (Å²) in [7, 11) is -0.774. The predicted molar refractivity (Wildman–Crippen MR) is 72.1 cm³/mol. The van der Waals surface area contributed by atoms with E-state index in [-0.39, 0.29) is 0 Å². The van der Waals surface area contributed by atoms with Gasteiger partial charge in [-0.25, -0.2) is 0 Å². The number of rotatable bonds is 5. The lowest BCUT2D eigenvalue weighted by atomic mass is 10.1. The number of hydrogen-bond acceptors (Lipinski definition) is 2. The van der Waals surface area contributed by atoms with Gasteiger partial charge >= 0.3 is 0 Å². The Balaban J connectivity index is 2.70. The van der Waals surface area contributed by atoms with Gasteiger partial charge in [-0.3, -0.25) is 4.21 Å². The van der Waals surface area contributed by atoms with E-state index in [0.29, 0.717) is 17.7 Å². The summed E-state index contributed by atoms with van der Waals surface area (Å²) in [5.74, 6) is 1.23. The molecular formula is C13H21NOS. The molecule has 0 saturated heterocycles. The van der Waals surface area contributed by atoms with Crippen LogP contribution >= 0.6 is 0 Å². The van der Waals surface area contributed by atoms with Crippen molar-refractivity contribution in [3.63, 3.8) is 0 Å². The van der Waals surface area contributed by atoms with E-state index in [1.807, 2.05) is 12.1 Å². The molecule has 3 heteroatoms. The number of anilines is 1. The number of hydrogen-bond donors (Lipinski definition) is 1. The van der Waals surface area contributed by atoms with E-state index >= 15 is 0 Å². The van der Waals surface area contributed by atoms with Crippen LogP contribution in [0.15, 0.2) is 24.3 Å². The lowest BCUT2D eigenvalue weighted by Gasteiger charge is -2.19. The lowest BCUT2D eigenvalue weighted by Crippen LogP contribution is -2.21. The van der Waals surface area contributed by atoms with Gasteiger partial charge in [-0.15, -0.1) is 0 Å². The zero-order valence-corrected chi connectivity index (χ0v) is 11.3. The molecule has 0 spiro atoms. The molecule has 0 amide bonds. The first-order chi connectivity index (χ1) is 7.49. The lowest BCUT2D eigenvalue weighted by molar-refractivity contribution is 0.560. The molecule has 16 heavy (non-hydrogen) atoms. The standard InChI is InChI=1S/C13H21NOS/c1-10(2)11(3)14-13-7-5-6-12(8-13)9-16(4)15/h5-8,10-11,14H,9H2,1-4H3. The molecule has 0 fully saturated rings. The average molecular weight is 239 g/mol. The second kappa shape index (κ2) is 6.04. The van der Waals surface area contributed by atoms with E-state index in [2.05, 4.69) is 38.2 Å². The van der Waals surface area contributed by atoms with Crippen molar-refractivity contribution in [2.75, 3.05) is 11.6 Å². The van der Waals surface area contributed by atoms with Crippen molar-refractivity contribution in [3.8, 4) is 0 Å². The maximum atomic E-state index is 11.1. The largest absolute Gasteiger partial charge is 0.382 e. The third-order valence-electron chi connectivity index (χ3n) is 2.69. The number of benzene rings is 1. The highest BCUT2D eigenvalue weighted by atomic mass is 32.2. The number of nitrogens with one attached hydrogen (secondary N) is 1. The van der Waals surface area contributed by atoms with Gasteiger partial charge in [0.15, 0.2) is 0 Å². The SMILES string of the molecule is CC(C)C(C)Nc1cccc(CS(C)=O)c1. The van der Waals surface area contributed by atoms with Crippen LogP contribution in [0.2, 0.25) is 0 Å². The van der Waals surface area contributed by atoms with Crippen molar-refractivity contribution in [1.29, 1.82) is 0 Å². The highest BCUT2D eigenvalue weighted by Gasteiger charge is 2.06. The highest BCUT2D eigenvalue weighted by molar-refractivity contribution is 7.83. The summed E-state index contributed by atoms with van der Waals surface area (Å²) in [6, 6.07) is 8.62. The van der Waals surface area contributed by atoms with Crippen LogP contribution in [0, 0.1) is 5.92 Å². The molecule has 90 valence electrons. The summed E-state index contributed by atoms with van der Waals surface area (Å²) in [6.07, 6.45) is 1.73. The van der Waals surface area contributed by atoms with Gasteiger partial charge in [0.1, 0.15) is 0 Å². The minimum Gasteiger partial charge on any atom is -0.382 e. The third-order valence-corrected chi connectivity index (χ3v) is 3.43. The van der Waals surface area contributed by atoms with Crippen LogP contribution in [-0.2, 0) is 16.6 Å². The molecular weight excluding hydrogens is 218 g/mol. The van der Waals surface area contributed by atoms with E-state index in [1.54, 1.807) is 6.26 Å². The molecule has 2 nitrogen and oxygen atoms in total. The van der Waals surface area contributed by atoms with E-state index in [1.165, 1.54) is 0 Å². The Morgan fingerprint density at radius 2 is 2.00 bits per heavy atom. The van der Waals surface area contributed by atoms with Crippen molar-refractivity contribution in [2.24, 2.45) is 5.92 Å². The van der Waals surface area contributed by atoms with E-state index < -0.39 is 10.8 Å². The molecule has 2 unspecified atom stereocenters. The summed E-state index contributed by atoms with van der Waals surface area (Å²) in [4.78, 5) is 0. The summed E-state index contributed by atoms with van der Waals surface area (Å²) in [5, 5.41) is 3.46. The van der Waals surface area contributed by atoms with Crippen LogP contribution < -0.4 is 5.32 Å². The summed E-state index contributed by atoms with van der Waals surface area (Å²) < 4.78 is 11.1. The molecule has 1 aromatic rings. The Morgan fingerprint density at radius 3 is 2.56 bits per heavy atom. The van der Waals surface area contributed by atoms with Crippen molar-refractivity contribution in [3.05, 3.63) is 29.8 Å². The van der Waals surface area contributed by atoms with Crippen molar-refractivity contribution >= 4 is 16.5 Å². The van der Waals surface area contributed by atoms with Gasteiger partial charge < -0.3 is 5.32 Å². The Hall–Kier alpha value is -0.830. The Labute approximate surface area is 101 Å². The third kappa shape index (κ3) is 4.35. The minimum absolute atomic E-state index is 0.447. The summed E-state index contributed by atoms with van der Waals surface area (Å²) >= 11 is 0. The van der Waals surface area contributed by atoms with Crippen LogP contribution in [0.3, 0.4) is 0 Å². The Bertz CT molecular complexity index is 363. The second-order valence-corrected chi connectivity index (χ2v) is 6.03. The molecule has 0 bridgehead atoms. The summed E-state index contributed by atoms with van der Waals surface area (Å²) in [6.45, 7) is 6.57. The second-order valence-electron chi connectivity index (χ2n) is 4.59. The van der Waals surface area contributed by atoms with Crippen molar-refractivity contribution < 1.29 is 4.21 Å². The fraction of sp³-hybridized carbons (Fsp3) is 0.538. The zero-order valence-electron chi connectivity index (χ0n) is 10.5. The van der Waals surface area contributed by atoms with Crippen LogP contribution in [0.25, 0.3) is 0 Å². The van der Waals surface area contributed by atoms with Gasteiger partial charge in [0, 0.05) is 34.5 Å². The molecule has 0 aliphatic carbocycles. The molecule has 2 atom stereocenters. The molecule has 0 radical (unpaired) electrons. The molecule has 0 saturated carbocycles. The monoisotopic (exact) mass is 239 g/mol. The highest BCUT2D eigenvalue weighted by Crippen LogP contribution is 2.15. The molecule has 1 rings (SSSR count). The van der Waals surface area contributed by atoms with Gasteiger partial charge in [-0.05, 0) is 30.5 Å². The van der Waals surface area contributed by atoms with Gasteiger partial charge in [0.2, 0.25) is 0 Å². The van der Waals surface area contributed by atoms with Gasteiger partial charge in [-0.1, -0.05) is 26.0 Å². The fourth-order valence-corrected chi connectivity index (χ4v) is 2.06. The zero-order chi connectivity index (χ0) is 12.1. The van der Waals surface area contributed by atoms with Gasteiger partial charge in [0.25, 0.3) is 0 Å². The van der Waals surface area contributed by atoms with E-state index in [4.69, 9.17) is 0 Å². The molecule has 0 aliphatic rings. The first kappa shape index (κ1) is 13.2. The normalized spacial score (nSPS) is 14.8. The van der Waals surface area contributed by atoms with Crippen LogP contribution in [0.1, 0.15) is 26.3 Å². The molecule has 1 N–H and O–H groups in total. The summed E-state index contributed by atoms with van der Waals surface area (Å²) in [5.41, 5.74) is 2.24. The predicted octanol–water partition coefficient (Wildman–Crippen LogP) is 3.02. The fourth-order valence-electron chi connectivity index (χ4n) is 1.42. The van der Waals surface area contributed by atoms with Gasteiger partial charge in [0.05, 0.1) is 0 Å². The smallest absolute Gasteiger partial charge is 0.0483 e. The van der Waals surface area contributed by atoms with Crippen molar-refractivity contribution in [2.45, 2.75) is 32.6 Å². The Morgan fingerprint density at radius 1 is 1.31 bits per heavy atom. The van der Waals surface area contributed by atoms with Crippen molar-refractivity contribution in [1.82, 2.24) is 0 Å². The topological polar surface area (TPSA) is 29.1 Å². The van der Waals surface area contributed by atoms with E-state index in [0.717, 1.165) is 11.3 Å². The minimum atomic E-state index is -0.774.